The maximum absolute atomic E-state index is 5.45. The fourth-order valence-corrected chi connectivity index (χ4v) is 3.53. The van der Waals surface area contributed by atoms with E-state index >= 15 is 0 Å². The first kappa shape index (κ1) is 19.6. The van der Waals surface area contributed by atoms with E-state index in [1.807, 2.05) is 25.2 Å². The van der Waals surface area contributed by atoms with Gasteiger partial charge in [-0.25, -0.2) is 0 Å². The van der Waals surface area contributed by atoms with Crippen LogP contribution in [0.4, 0.5) is 0 Å². The molecule has 5 heteroatoms. The highest BCUT2D eigenvalue weighted by atomic mass is 16.5. The van der Waals surface area contributed by atoms with E-state index in [0.29, 0.717) is 0 Å². The first-order valence-electron chi connectivity index (χ1n) is 9.44. The average molecular weight is 347 g/mol. The number of nitrogens with zero attached hydrogens (tertiary/aromatic N) is 3. The average Bonchev–Trinajstić information content (AvgIpc) is 2.66. The molecule has 1 aliphatic heterocycles. The van der Waals surface area contributed by atoms with Gasteiger partial charge in [0.15, 0.2) is 5.96 Å². The highest BCUT2D eigenvalue weighted by molar-refractivity contribution is 5.79. The lowest BCUT2D eigenvalue weighted by Crippen LogP contribution is -2.40. The Morgan fingerprint density at radius 3 is 2.68 bits per heavy atom. The molecular weight excluding hydrogens is 312 g/mol. The van der Waals surface area contributed by atoms with Crippen LogP contribution in [-0.2, 0) is 6.54 Å². The molecule has 0 amide bonds. The Morgan fingerprint density at radius 1 is 1.32 bits per heavy atom. The van der Waals surface area contributed by atoms with Gasteiger partial charge in [-0.15, -0.1) is 0 Å². The molecule has 2 rings (SSSR count). The maximum atomic E-state index is 5.45. The highest BCUT2D eigenvalue weighted by Crippen LogP contribution is 2.20. The van der Waals surface area contributed by atoms with Gasteiger partial charge in [0.2, 0.25) is 0 Å². The highest BCUT2D eigenvalue weighted by Gasteiger charge is 2.18. The van der Waals surface area contributed by atoms with Crippen LogP contribution in [0.1, 0.15) is 31.7 Å². The number of likely N-dealkylation sites (tertiary alicyclic amines) is 1. The largest absolute Gasteiger partial charge is 0.496 e. The minimum Gasteiger partial charge on any atom is -0.496 e. The molecule has 0 aliphatic carbocycles. The topological polar surface area (TPSA) is 40.1 Å². The molecule has 1 heterocycles. The quantitative estimate of drug-likeness (QED) is 0.609. The van der Waals surface area contributed by atoms with Crippen molar-refractivity contribution < 1.29 is 4.74 Å². The van der Waals surface area contributed by atoms with Crippen molar-refractivity contribution >= 4 is 5.96 Å². The van der Waals surface area contributed by atoms with Gasteiger partial charge in [0.05, 0.1) is 7.11 Å². The molecule has 0 saturated carbocycles. The van der Waals surface area contributed by atoms with Gasteiger partial charge in [0.25, 0.3) is 0 Å². The first-order valence-corrected chi connectivity index (χ1v) is 9.44. The summed E-state index contributed by atoms with van der Waals surface area (Å²) < 4.78 is 5.45. The summed E-state index contributed by atoms with van der Waals surface area (Å²) in [7, 11) is 5.64. The first-order chi connectivity index (χ1) is 12.2. The summed E-state index contributed by atoms with van der Waals surface area (Å²) in [5.41, 5.74) is 1.17. The van der Waals surface area contributed by atoms with Crippen LogP contribution in [-0.4, -0.2) is 63.1 Å². The van der Waals surface area contributed by atoms with Gasteiger partial charge in [-0.2, -0.15) is 0 Å². The van der Waals surface area contributed by atoms with Crippen molar-refractivity contribution in [3.05, 3.63) is 29.8 Å². The predicted octanol–water partition coefficient (Wildman–Crippen LogP) is 2.82. The lowest BCUT2D eigenvalue weighted by Gasteiger charge is -2.31. The molecule has 140 valence electrons. The van der Waals surface area contributed by atoms with E-state index in [9.17, 15) is 0 Å². The predicted molar refractivity (Wildman–Crippen MR) is 105 cm³/mol. The Kier molecular flexibility index (Phi) is 8.06. The van der Waals surface area contributed by atoms with Crippen LogP contribution in [0.25, 0.3) is 0 Å². The van der Waals surface area contributed by atoms with Crippen molar-refractivity contribution in [2.45, 2.75) is 32.7 Å². The molecule has 0 aromatic heterocycles. The number of rotatable bonds is 7. The molecule has 1 fully saturated rings. The van der Waals surface area contributed by atoms with Crippen LogP contribution in [0, 0.1) is 5.92 Å². The molecule has 5 nitrogen and oxygen atoms in total. The van der Waals surface area contributed by atoms with Crippen molar-refractivity contribution in [3.8, 4) is 5.75 Å². The number of nitrogens with one attached hydrogen (secondary N) is 1. The number of hydrogen-bond donors (Lipinski definition) is 1. The van der Waals surface area contributed by atoms with Crippen LogP contribution < -0.4 is 10.1 Å². The number of methoxy groups -OCH3 is 1. The minimum atomic E-state index is 0.776. The third-order valence-corrected chi connectivity index (χ3v) is 5.16. The van der Waals surface area contributed by atoms with E-state index in [4.69, 9.17) is 4.74 Å². The molecule has 1 saturated heterocycles. The van der Waals surface area contributed by atoms with Crippen molar-refractivity contribution in [2.24, 2.45) is 10.9 Å². The van der Waals surface area contributed by atoms with E-state index in [1.165, 1.54) is 44.5 Å². The Bertz CT molecular complexity index is 538. The molecule has 0 radical (unpaired) electrons. The lowest BCUT2D eigenvalue weighted by molar-refractivity contribution is 0.187. The van der Waals surface area contributed by atoms with Gasteiger partial charge in [-0.1, -0.05) is 25.1 Å². The summed E-state index contributed by atoms with van der Waals surface area (Å²) in [5, 5.41) is 3.52. The number of aliphatic imine (C=N–C) groups is 1. The SMILES string of the molecule is CCN1CCC(CCNC(=NC)N(C)Cc2ccccc2OC)CC1. The van der Waals surface area contributed by atoms with Crippen molar-refractivity contribution in [3.63, 3.8) is 0 Å². The summed E-state index contributed by atoms with van der Waals surface area (Å²) in [4.78, 5) is 9.13. The van der Waals surface area contributed by atoms with Crippen LogP contribution in [0.15, 0.2) is 29.3 Å². The second kappa shape index (κ2) is 10.3. The molecule has 1 aromatic carbocycles. The summed E-state index contributed by atoms with van der Waals surface area (Å²) in [6.07, 6.45) is 3.87. The van der Waals surface area contributed by atoms with Crippen LogP contribution in [0.3, 0.4) is 0 Å². The summed E-state index contributed by atoms with van der Waals surface area (Å²) >= 11 is 0. The van der Waals surface area contributed by atoms with Gasteiger partial charge >= 0.3 is 0 Å². The van der Waals surface area contributed by atoms with E-state index in [1.54, 1.807) is 7.11 Å². The second-order valence-corrected chi connectivity index (χ2v) is 6.81. The van der Waals surface area contributed by atoms with E-state index in [0.717, 1.165) is 30.7 Å². The molecule has 0 spiro atoms. The summed E-state index contributed by atoms with van der Waals surface area (Å²) in [5.74, 6) is 2.71. The van der Waals surface area contributed by atoms with Gasteiger partial charge in [0.1, 0.15) is 5.75 Å². The molecule has 1 aromatic rings. The maximum Gasteiger partial charge on any atom is 0.193 e. The Hall–Kier alpha value is -1.75. The number of guanidine groups is 1. The van der Waals surface area contributed by atoms with Crippen molar-refractivity contribution in [1.82, 2.24) is 15.1 Å². The number of hydrogen-bond acceptors (Lipinski definition) is 3. The zero-order valence-electron chi connectivity index (χ0n) is 16.3. The van der Waals surface area contributed by atoms with Gasteiger partial charge in [-0.05, 0) is 50.9 Å². The molecule has 0 unspecified atom stereocenters. The Balaban J connectivity index is 1.78. The van der Waals surface area contributed by atoms with Gasteiger partial charge < -0.3 is 19.9 Å². The second-order valence-electron chi connectivity index (χ2n) is 6.81. The van der Waals surface area contributed by atoms with E-state index < -0.39 is 0 Å². The fourth-order valence-electron chi connectivity index (χ4n) is 3.53. The third-order valence-electron chi connectivity index (χ3n) is 5.16. The van der Waals surface area contributed by atoms with E-state index in [2.05, 4.69) is 40.1 Å². The monoisotopic (exact) mass is 346 g/mol. The van der Waals surface area contributed by atoms with E-state index in [-0.39, 0.29) is 0 Å². The standard InChI is InChI=1S/C20H34N4O/c1-5-24-14-11-17(12-15-24)10-13-22-20(21-2)23(3)16-18-8-6-7-9-19(18)25-4/h6-9,17H,5,10-16H2,1-4H3,(H,21,22). The van der Waals surface area contributed by atoms with Crippen molar-refractivity contribution in [1.29, 1.82) is 0 Å². The molecule has 25 heavy (non-hydrogen) atoms. The Labute approximate surface area is 153 Å². The molecular formula is C20H34N4O. The third kappa shape index (κ3) is 5.92. The smallest absolute Gasteiger partial charge is 0.193 e. The number of benzene rings is 1. The normalized spacial score (nSPS) is 16.7. The lowest BCUT2D eigenvalue weighted by atomic mass is 9.93. The van der Waals surface area contributed by atoms with Crippen molar-refractivity contribution in [2.75, 3.05) is 47.4 Å². The fraction of sp³-hybridized carbons (Fsp3) is 0.650. The molecule has 0 bridgehead atoms. The van der Waals surface area contributed by atoms with Crippen LogP contribution in [0.2, 0.25) is 0 Å². The molecule has 1 aliphatic rings. The number of para-hydroxylation sites is 1. The summed E-state index contributed by atoms with van der Waals surface area (Å²) in [6.45, 7) is 7.71. The molecule has 1 N–H and O–H groups in total. The summed E-state index contributed by atoms with van der Waals surface area (Å²) in [6, 6.07) is 8.15. The van der Waals surface area contributed by atoms with Gasteiger partial charge in [0, 0.05) is 32.7 Å². The number of piperidine rings is 1. The molecule has 0 atom stereocenters. The van der Waals surface area contributed by atoms with Gasteiger partial charge in [-0.3, -0.25) is 4.99 Å². The zero-order chi connectivity index (χ0) is 18.1. The van der Waals surface area contributed by atoms with Crippen LogP contribution >= 0.6 is 0 Å². The zero-order valence-corrected chi connectivity index (χ0v) is 16.3. The number of ether oxygens (including phenoxy) is 1. The minimum absolute atomic E-state index is 0.776. The Morgan fingerprint density at radius 2 is 2.04 bits per heavy atom. The van der Waals surface area contributed by atoms with Crippen LogP contribution in [0.5, 0.6) is 5.75 Å².